The minimum atomic E-state index is -2.45. The van der Waals surface area contributed by atoms with Crippen LogP contribution in [0.4, 0.5) is 0 Å². The molecule has 0 saturated carbocycles. The van der Waals surface area contributed by atoms with Crippen LogP contribution in [0.2, 0.25) is 0 Å². The third-order valence-electron chi connectivity index (χ3n) is 6.20. The van der Waals surface area contributed by atoms with Gasteiger partial charge in [-0.2, -0.15) is 0 Å². The molecule has 0 saturated heterocycles. The monoisotopic (exact) mass is 440 g/mol. The molecule has 3 N–H and O–H groups in total. The molecule has 0 unspecified atom stereocenters. The topological polar surface area (TPSA) is 60.7 Å². The first-order valence-electron chi connectivity index (χ1n) is 12.1. The van der Waals surface area contributed by atoms with Crippen LogP contribution in [0.15, 0.2) is 0 Å². The Bertz CT molecular complexity index is 317. The fourth-order valence-corrected chi connectivity index (χ4v) is 11.0. The van der Waals surface area contributed by atoms with Gasteiger partial charge in [0, 0.05) is 0 Å². The van der Waals surface area contributed by atoms with E-state index >= 15 is 0 Å². The Morgan fingerprint density at radius 1 is 0.464 bits per heavy atom. The van der Waals surface area contributed by atoms with Gasteiger partial charge in [-0.25, -0.2) is 0 Å². The summed E-state index contributed by atoms with van der Waals surface area (Å²) in [6, 6.07) is 0. The van der Waals surface area contributed by atoms with Crippen molar-refractivity contribution in [2.45, 2.75) is 103 Å². The van der Waals surface area contributed by atoms with Gasteiger partial charge in [-0.1, -0.05) is 13.3 Å². The van der Waals surface area contributed by atoms with Crippen LogP contribution >= 0.6 is 17.2 Å². The number of rotatable bonds is 22. The second-order valence-electron chi connectivity index (χ2n) is 8.83. The van der Waals surface area contributed by atoms with Crippen molar-refractivity contribution < 1.29 is 15.3 Å². The Morgan fingerprint density at radius 3 is 1.07 bits per heavy atom. The van der Waals surface area contributed by atoms with Crippen LogP contribution < -0.4 is 0 Å². The summed E-state index contributed by atoms with van der Waals surface area (Å²) in [7, 11) is 0. The van der Waals surface area contributed by atoms with E-state index in [0.717, 1.165) is 50.3 Å². The second kappa shape index (κ2) is 18.4. The molecule has 0 aromatic heterocycles. The van der Waals surface area contributed by atoms with Crippen molar-refractivity contribution >= 4 is 17.2 Å². The maximum absolute atomic E-state index is 9.33. The molecule has 0 rings (SSSR count). The Balaban J connectivity index is 4.12. The molecule has 0 aliphatic heterocycles. The van der Waals surface area contributed by atoms with Gasteiger partial charge >= 0.3 is 167 Å². The zero-order valence-corrected chi connectivity index (χ0v) is 20.4. The number of aliphatic hydroxyl groups is 3. The van der Waals surface area contributed by atoms with Gasteiger partial charge in [0.05, 0.1) is 0 Å². The molecule has 0 heterocycles. The van der Waals surface area contributed by atoms with E-state index < -0.39 is 5.96 Å². The van der Waals surface area contributed by atoms with Crippen LogP contribution in [0, 0.1) is 0 Å². The summed E-state index contributed by atoms with van der Waals surface area (Å²) in [6.45, 7) is 2.81. The quantitative estimate of drug-likeness (QED) is 0.132. The van der Waals surface area contributed by atoms with E-state index in [0.29, 0.717) is 0 Å². The molecule has 172 valence electrons. The standard InChI is InChI=1S/C23H50ClO3P/c1-2-3-4-5-6-7-8-9-10-11-12-13-20-28(24,21-14-17-25,22-15-18-26)23-16-19-27/h25-27H,2-23H2,1H3. The van der Waals surface area contributed by atoms with Gasteiger partial charge in [0.25, 0.3) is 0 Å². The second-order valence-corrected chi connectivity index (χ2v) is 17.1. The van der Waals surface area contributed by atoms with Crippen molar-refractivity contribution in [2.75, 3.05) is 44.5 Å². The molecule has 0 atom stereocenters. The van der Waals surface area contributed by atoms with Gasteiger partial charge in [0.1, 0.15) is 0 Å². The van der Waals surface area contributed by atoms with Crippen LogP contribution in [0.1, 0.15) is 103 Å². The average molecular weight is 441 g/mol. The van der Waals surface area contributed by atoms with E-state index in [1.54, 1.807) is 0 Å². The van der Waals surface area contributed by atoms with E-state index in [1.165, 1.54) is 70.6 Å². The van der Waals surface area contributed by atoms with Crippen LogP contribution in [0.25, 0.3) is 0 Å². The first kappa shape index (κ1) is 28.6. The van der Waals surface area contributed by atoms with E-state index in [9.17, 15) is 15.3 Å². The molecule has 0 fully saturated rings. The molecule has 0 amide bonds. The third-order valence-corrected chi connectivity index (χ3v) is 14.0. The first-order chi connectivity index (χ1) is 13.5. The molecule has 5 heteroatoms. The number of hydrogen-bond acceptors (Lipinski definition) is 3. The van der Waals surface area contributed by atoms with Crippen molar-refractivity contribution in [3.63, 3.8) is 0 Å². The summed E-state index contributed by atoms with van der Waals surface area (Å²) in [5.74, 6) is -2.45. The summed E-state index contributed by atoms with van der Waals surface area (Å²) < 4.78 is 0. The normalized spacial score (nSPS) is 13.5. The van der Waals surface area contributed by atoms with Crippen LogP contribution in [-0.4, -0.2) is 59.8 Å². The van der Waals surface area contributed by atoms with Crippen molar-refractivity contribution in [3.05, 3.63) is 0 Å². The predicted octanol–water partition coefficient (Wildman–Crippen LogP) is 6.54. The van der Waals surface area contributed by atoms with E-state index in [-0.39, 0.29) is 19.8 Å². The van der Waals surface area contributed by atoms with Gasteiger partial charge in [-0.3, -0.25) is 0 Å². The number of aliphatic hydroxyl groups excluding tert-OH is 3. The molecule has 0 aromatic carbocycles. The van der Waals surface area contributed by atoms with E-state index in [4.69, 9.17) is 11.2 Å². The van der Waals surface area contributed by atoms with Crippen molar-refractivity contribution in [3.8, 4) is 0 Å². The average Bonchev–Trinajstić information content (AvgIpc) is 2.71. The minimum absolute atomic E-state index is 0.182. The summed E-state index contributed by atoms with van der Waals surface area (Å²) in [5.41, 5.74) is 0. The van der Waals surface area contributed by atoms with Crippen LogP contribution in [-0.2, 0) is 0 Å². The number of halogens is 1. The summed E-state index contributed by atoms with van der Waals surface area (Å²) >= 11 is 7.36. The predicted molar refractivity (Wildman–Crippen MR) is 128 cm³/mol. The van der Waals surface area contributed by atoms with Crippen LogP contribution in [0.3, 0.4) is 0 Å². The molecule has 3 nitrogen and oxygen atoms in total. The van der Waals surface area contributed by atoms with Gasteiger partial charge in [0.2, 0.25) is 0 Å². The molecule has 0 aromatic rings. The molecule has 0 radical (unpaired) electrons. The van der Waals surface area contributed by atoms with E-state index in [1.807, 2.05) is 0 Å². The molecular weight excluding hydrogens is 391 g/mol. The zero-order chi connectivity index (χ0) is 21.0. The maximum atomic E-state index is 9.33. The molecule has 0 aliphatic carbocycles. The molecule has 0 spiro atoms. The third kappa shape index (κ3) is 14.6. The molecule has 0 bridgehead atoms. The van der Waals surface area contributed by atoms with Crippen molar-refractivity contribution in [1.29, 1.82) is 0 Å². The number of hydrogen-bond donors (Lipinski definition) is 3. The molecular formula is C23H50ClO3P. The fraction of sp³-hybridized carbons (Fsp3) is 1.00. The summed E-state index contributed by atoms with van der Waals surface area (Å²) in [4.78, 5) is 0. The first-order valence-corrected chi connectivity index (χ1v) is 16.0. The zero-order valence-electron chi connectivity index (χ0n) is 18.7. The van der Waals surface area contributed by atoms with Gasteiger partial charge in [-0.15, -0.1) is 0 Å². The Morgan fingerprint density at radius 2 is 0.750 bits per heavy atom. The molecule has 0 aliphatic rings. The molecule has 28 heavy (non-hydrogen) atoms. The van der Waals surface area contributed by atoms with Gasteiger partial charge < -0.3 is 0 Å². The SMILES string of the molecule is CCCCCCCCCCCCCCP(Cl)(CCCO)(CCCO)CCCO. The van der Waals surface area contributed by atoms with Gasteiger partial charge in [0.15, 0.2) is 0 Å². The van der Waals surface area contributed by atoms with Crippen molar-refractivity contribution in [1.82, 2.24) is 0 Å². The summed E-state index contributed by atoms with van der Waals surface area (Å²) in [6.07, 6.45) is 22.0. The van der Waals surface area contributed by atoms with E-state index in [2.05, 4.69) is 6.92 Å². The Labute approximate surface area is 180 Å². The Kier molecular flexibility index (Phi) is 18.8. The van der Waals surface area contributed by atoms with Crippen LogP contribution in [0.5, 0.6) is 0 Å². The Hall–Kier alpha value is 0.600. The fourth-order valence-electron chi connectivity index (χ4n) is 4.42. The van der Waals surface area contributed by atoms with Crippen molar-refractivity contribution in [2.24, 2.45) is 0 Å². The van der Waals surface area contributed by atoms with Gasteiger partial charge in [-0.05, 0) is 0 Å². The summed E-state index contributed by atoms with van der Waals surface area (Å²) in [5, 5.41) is 28.0. The number of unbranched alkanes of at least 4 members (excludes halogenated alkanes) is 11.